The zero-order valence-corrected chi connectivity index (χ0v) is 72.2. The number of esters is 1. The molecule has 33 heteroatoms. The molecule has 8 aromatic heterocycles. The van der Waals surface area contributed by atoms with Crippen LogP contribution in [0.25, 0.3) is 44.1 Å². The van der Waals surface area contributed by atoms with Gasteiger partial charge in [-0.2, -0.15) is 5.26 Å². The first-order valence-corrected chi connectivity index (χ1v) is 42.4. The smallest absolute Gasteiger partial charge is 0.341 e. The number of nitriles is 1. The Morgan fingerprint density at radius 3 is 1.08 bits per heavy atom. The van der Waals surface area contributed by atoms with E-state index in [9.17, 15) is 29.2 Å². The molecule has 620 valence electrons. The number of hydrogen-bond donors (Lipinski definition) is 8. The number of nitrogens with two attached hydrogens (primary N) is 3. The maximum Gasteiger partial charge on any atom is 0.341 e. The van der Waals surface area contributed by atoms with Crippen molar-refractivity contribution in [3.63, 3.8) is 0 Å². The minimum atomic E-state index is -0.615. The third-order valence-electron chi connectivity index (χ3n) is 21.7. The average Bonchev–Trinajstić information content (AvgIpc) is 1.12. The van der Waals surface area contributed by atoms with Crippen molar-refractivity contribution in [2.24, 2.45) is 17.2 Å². The SMILES string of the molecule is CC(C)NC[C@@H](C(=O)N1CCN(c2c(Br)cnc3[nH]ccc23)CC1)c1ccc(Cl)cc1.COC(=O)c1cnc2[nH]ccc2c1N1CCN(C(=O)[C@H](N)Cc2ccc(Cl)cc2)CC1.N#Cc1cnc2[nH]ccc2c1N1CCN(C(=O)[C@H](N)Cc2ccc(Cl)cc2)CC1.N[C@H](Cc1ccc(Cl)cc1)C(=O)N1CCN(c2c(Br)cnc3[nH]ccc23)CC1. The Hall–Kier alpha value is -10.4. The molecule has 119 heavy (non-hydrogen) atoms. The summed E-state index contributed by atoms with van der Waals surface area (Å²) < 4.78 is 6.87. The molecule has 4 aliphatic heterocycles. The van der Waals surface area contributed by atoms with E-state index in [0.29, 0.717) is 147 Å². The molecular weight excluding hydrogens is 1720 g/mol. The molecule has 16 rings (SSSR count). The lowest BCUT2D eigenvalue weighted by Gasteiger charge is -2.38. The van der Waals surface area contributed by atoms with E-state index in [2.05, 4.69) is 117 Å². The summed E-state index contributed by atoms with van der Waals surface area (Å²) in [7, 11) is 1.35. The lowest BCUT2D eigenvalue weighted by Crippen LogP contribution is -2.54. The number of pyridine rings is 4. The van der Waals surface area contributed by atoms with Gasteiger partial charge in [0.15, 0.2) is 0 Å². The van der Waals surface area contributed by atoms with Crippen molar-refractivity contribution in [1.82, 2.24) is 64.8 Å². The lowest BCUT2D eigenvalue weighted by molar-refractivity contribution is -0.133. The Morgan fingerprint density at radius 1 is 0.437 bits per heavy atom. The standard InChI is InChI=1S/C23H27BrClN5O.C22H24ClN5O3.C21H21ClN6O.C20H21BrClN5O/c1-15(2)27-13-19(16-3-5-17(25)6-4-16)23(31)30-11-9-29(10-12-30)21-18-7-8-26-22(18)28-14-20(21)24;1-31-22(30)17-13-26-20-16(6-7-25-20)19(17)27-8-10-28(11-9-27)21(29)18(24)12-14-2-4-15(23)5-3-14;22-16-3-1-14(2-4-16)11-18(24)21(29)28-9-7-27(8-10-28)19-15(12-23)13-26-20-17(19)5-6-25-20;21-16-12-25-19-15(5-6-24-19)18(16)26-7-9-27(10-8-26)20(28)17(23)11-13-1-3-14(22)4-2-13/h3-8,14-15,19,27H,9-13H2,1-2H3,(H,26,28);2-7,13,18H,8-12,24H2,1H3,(H,25,26);1-6,13,18H,7-11,24H2,(H,25,26);1-6,12,17H,7-11,23H2,(H,24,25)/t19-;2*18-;17-/m1111/s1. The fourth-order valence-electron chi connectivity index (χ4n) is 15.4. The van der Waals surface area contributed by atoms with Crippen molar-refractivity contribution in [3.05, 3.63) is 233 Å². The predicted molar refractivity (Wildman–Crippen MR) is 478 cm³/mol. The van der Waals surface area contributed by atoms with E-state index in [1.165, 1.54) is 13.3 Å². The van der Waals surface area contributed by atoms with Crippen molar-refractivity contribution in [3.8, 4) is 6.07 Å². The van der Waals surface area contributed by atoms with Crippen molar-refractivity contribution < 1.29 is 28.7 Å². The van der Waals surface area contributed by atoms with E-state index in [4.69, 9.17) is 68.3 Å². The monoisotopic (exact) mass is 1810 g/mol. The van der Waals surface area contributed by atoms with Gasteiger partial charge in [-0.1, -0.05) is 109 Å². The minimum Gasteiger partial charge on any atom is -0.465 e. The van der Waals surface area contributed by atoms with Crippen molar-refractivity contribution in [2.75, 3.05) is 138 Å². The highest BCUT2D eigenvalue weighted by atomic mass is 79.9. The molecule has 4 aromatic carbocycles. The molecule has 11 N–H and O–H groups in total. The predicted octanol–water partition coefficient (Wildman–Crippen LogP) is 12.1. The van der Waals surface area contributed by atoms with E-state index in [1.807, 2.05) is 138 Å². The highest BCUT2D eigenvalue weighted by Crippen LogP contribution is 2.38. The molecule has 0 aliphatic carbocycles. The second-order valence-electron chi connectivity index (χ2n) is 29.7. The third-order valence-corrected chi connectivity index (χ3v) is 23.8. The van der Waals surface area contributed by atoms with E-state index < -0.39 is 24.1 Å². The number of aromatic amines is 4. The van der Waals surface area contributed by atoms with Crippen LogP contribution in [0, 0.1) is 11.3 Å². The van der Waals surface area contributed by atoms with Gasteiger partial charge in [0.05, 0.1) is 68.4 Å². The molecule has 4 fully saturated rings. The van der Waals surface area contributed by atoms with Crippen molar-refractivity contribution in [2.45, 2.75) is 63.2 Å². The van der Waals surface area contributed by atoms with Crippen molar-refractivity contribution in [1.29, 1.82) is 5.26 Å². The summed E-state index contributed by atoms with van der Waals surface area (Å²) in [5.74, 6) is -0.638. The zero-order valence-electron chi connectivity index (χ0n) is 66.0. The highest BCUT2D eigenvalue weighted by molar-refractivity contribution is 9.11. The lowest BCUT2D eigenvalue weighted by atomic mass is 9.96. The number of carbonyl (C=O) groups excluding carboxylic acids is 5. The maximum absolute atomic E-state index is 13.5. The number of nitrogens with one attached hydrogen (secondary N) is 5. The summed E-state index contributed by atoms with van der Waals surface area (Å²) in [4.78, 5) is 110. The molecule has 12 heterocycles. The van der Waals surface area contributed by atoms with Gasteiger partial charge in [-0.15, -0.1) is 0 Å². The molecule has 4 amide bonds. The van der Waals surface area contributed by atoms with Crippen LogP contribution >= 0.6 is 78.3 Å². The van der Waals surface area contributed by atoms with Gasteiger partial charge in [-0.05, 0) is 146 Å². The largest absolute Gasteiger partial charge is 0.465 e. The average molecular weight is 1820 g/mol. The van der Waals surface area contributed by atoms with Gasteiger partial charge < -0.3 is 86.4 Å². The van der Waals surface area contributed by atoms with Crippen LogP contribution in [0.15, 0.2) is 180 Å². The van der Waals surface area contributed by atoms with Crippen LogP contribution in [-0.2, 0) is 43.2 Å². The molecule has 0 bridgehead atoms. The number of amides is 4. The number of halogens is 6. The third kappa shape index (κ3) is 21.1. The number of piperazine rings is 4. The van der Waals surface area contributed by atoms with E-state index in [0.717, 1.165) is 119 Å². The van der Waals surface area contributed by atoms with Crippen LogP contribution in [0.3, 0.4) is 0 Å². The highest BCUT2D eigenvalue weighted by Gasteiger charge is 2.34. The molecule has 4 atom stereocenters. The topological polar surface area (TPSA) is 349 Å². The summed E-state index contributed by atoms with van der Waals surface area (Å²) in [6.07, 6.45) is 15.6. The normalized spacial score (nSPS) is 15.5. The maximum atomic E-state index is 13.5. The zero-order chi connectivity index (χ0) is 84.0. The van der Waals surface area contributed by atoms with Crippen LogP contribution in [-0.4, -0.2) is 232 Å². The van der Waals surface area contributed by atoms with Crippen LogP contribution in [0.4, 0.5) is 22.7 Å². The summed E-state index contributed by atoms with van der Waals surface area (Å²) >= 11 is 31.1. The van der Waals surface area contributed by atoms with Crippen LogP contribution in [0.5, 0.6) is 0 Å². The quantitative estimate of drug-likeness (QED) is 0.0349. The number of fused-ring (bicyclic) bond motifs is 4. The Labute approximate surface area is 726 Å². The number of ether oxygens (including phenoxy) is 1. The second kappa shape index (κ2) is 40.1. The fourth-order valence-corrected chi connectivity index (χ4v) is 17.0. The molecule has 0 radical (unpaired) electrons. The van der Waals surface area contributed by atoms with E-state index >= 15 is 0 Å². The van der Waals surface area contributed by atoms with E-state index in [-0.39, 0.29) is 29.5 Å². The van der Waals surface area contributed by atoms with E-state index in [1.54, 1.807) is 46.5 Å². The number of anilines is 4. The number of hydrogen-bond acceptors (Lipinski definition) is 19. The fraction of sp³-hybridized carbons (Fsp3) is 0.326. The van der Waals surface area contributed by atoms with Gasteiger partial charge >= 0.3 is 5.97 Å². The number of nitrogens with zero attached hydrogens (tertiary/aromatic N) is 13. The van der Waals surface area contributed by atoms with Gasteiger partial charge in [0.1, 0.15) is 34.2 Å². The second-order valence-corrected chi connectivity index (χ2v) is 33.2. The summed E-state index contributed by atoms with van der Waals surface area (Å²) in [5.41, 5.74) is 30.6. The number of benzene rings is 4. The Kier molecular flexibility index (Phi) is 29.2. The molecule has 0 unspecified atom stereocenters. The number of rotatable bonds is 19. The first-order chi connectivity index (χ1) is 57.5. The molecular formula is C86H93Br2Cl4N21O6. The molecule has 27 nitrogen and oxygen atoms in total. The van der Waals surface area contributed by atoms with Gasteiger partial charge in [0.2, 0.25) is 23.6 Å². The molecule has 0 spiro atoms. The number of methoxy groups -OCH3 is 1. The van der Waals surface area contributed by atoms with Gasteiger partial charge in [0.25, 0.3) is 0 Å². The summed E-state index contributed by atoms with van der Waals surface area (Å²) in [6, 6.07) is 38.5. The summed E-state index contributed by atoms with van der Waals surface area (Å²) in [6.45, 7) is 15.1. The van der Waals surface area contributed by atoms with Gasteiger partial charge in [-0.25, -0.2) is 24.7 Å². The molecule has 12 aromatic rings. The Bertz CT molecular complexity index is 5540. The Balaban J connectivity index is 0.000000137. The van der Waals surface area contributed by atoms with Gasteiger partial charge in [-0.3, -0.25) is 19.2 Å². The van der Waals surface area contributed by atoms with Crippen molar-refractivity contribution >= 4 is 175 Å². The first-order valence-electron chi connectivity index (χ1n) is 39.3. The molecule has 4 aliphatic rings. The Morgan fingerprint density at radius 2 is 0.739 bits per heavy atom. The van der Waals surface area contributed by atoms with Crippen LogP contribution in [0.1, 0.15) is 57.9 Å². The molecule has 4 saturated heterocycles. The molecule has 0 saturated carbocycles. The van der Waals surface area contributed by atoms with Crippen LogP contribution < -0.4 is 42.1 Å². The summed E-state index contributed by atoms with van der Waals surface area (Å²) in [5, 5.41) is 19.5. The van der Waals surface area contributed by atoms with Gasteiger partial charge in [0, 0.05) is 209 Å². The number of carbonyl (C=O) groups is 5. The number of H-pyrrole nitrogens is 4. The first kappa shape index (κ1) is 86.5. The van der Waals surface area contributed by atoms with Crippen LogP contribution in [0.2, 0.25) is 20.1 Å². The number of aromatic nitrogens is 8. The minimum absolute atomic E-state index is 0.00446.